The van der Waals surface area contributed by atoms with E-state index in [0.717, 1.165) is 42.2 Å². The fourth-order valence-corrected chi connectivity index (χ4v) is 4.23. The van der Waals surface area contributed by atoms with Crippen LogP contribution in [0.15, 0.2) is 59.0 Å². The first-order valence-corrected chi connectivity index (χ1v) is 10.3. The topological polar surface area (TPSA) is 62.8 Å². The highest BCUT2D eigenvalue weighted by Crippen LogP contribution is 2.35. The average Bonchev–Trinajstić information content (AvgIpc) is 3.38. The van der Waals surface area contributed by atoms with Gasteiger partial charge in [-0.15, -0.1) is 0 Å². The van der Waals surface area contributed by atoms with E-state index in [9.17, 15) is 10.1 Å². The molecule has 4 rings (SSSR count). The molecule has 0 aliphatic carbocycles. The highest BCUT2D eigenvalue weighted by molar-refractivity contribution is 5.64. The minimum Gasteiger partial charge on any atom is -0.460 e. The Hall–Kier alpha value is -3.12. The van der Waals surface area contributed by atoms with Crippen LogP contribution in [0.2, 0.25) is 0 Å². The van der Waals surface area contributed by atoms with Gasteiger partial charge in [-0.2, -0.15) is 0 Å². The summed E-state index contributed by atoms with van der Waals surface area (Å²) in [7, 11) is 4.11. The molecule has 1 atom stereocenters. The lowest BCUT2D eigenvalue weighted by atomic mass is 10.0. The summed E-state index contributed by atoms with van der Waals surface area (Å²) < 4.78 is 6.13. The lowest BCUT2D eigenvalue weighted by Crippen LogP contribution is -2.22. The van der Waals surface area contributed by atoms with Crippen molar-refractivity contribution in [3.8, 4) is 11.3 Å². The van der Waals surface area contributed by atoms with Crippen LogP contribution in [0.4, 0.5) is 11.4 Å². The van der Waals surface area contributed by atoms with E-state index in [-0.39, 0.29) is 10.6 Å². The Morgan fingerprint density at radius 3 is 2.57 bits per heavy atom. The van der Waals surface area contributed by atoms with Crippen LogP contribution in [-0.4, -0.2) is 30.5 Å². The molecule has 0 spiro atoms. The van der Waals surface area contributed by atoms with Crippen molar-refractivity contribution in [2.75, 3.05) is 25.5 Å². The summed E-state index contributed by atoms with van der Waals surface area (Å²) in [5.41, 5.74) is 4.38. The summed E-state index contributed by atoms with van der Waals surface area (Å²) in [6, 6.07) is 18.1. The molecule has 2 aromatic carbocycles. The summed E-state index contributed by atoms with van der Waals surface area (Å²) in [4.78, 5) is 15.2. The van der Waals surface area contributed by atoms with Crippen molar-refractivity contribution in [1.82, 2.24) is 4.90 Å². The van der Waals surface area contributed by atoms with E-state index < -0.39 is 0 Å². The summed E-state index contributed by atoms with van der Waals surface area (Å²) in [6.45, 7) is 3.68. The summed E-state index contributed by atoms with van der Waals surface area (Å²) in [5, 5.41) is 11.0. The van der Waals surface area contributed by atoms with E-state index in [0.29, 0.717) is 6.04 Å². The maximum Gasteiger partial charge on any atom is 0.269 e. The number of hydrogen-bond acceptors (Lipinski definition) is 5. The summed E-state index contributed by atoms with van der Waals surface area (Å²) in [6.07, 6.45) is 2.32. The number of hydrogen-bond donors (Lipinski definition) is 0. The Morgan fingerprint density at radius 1 is 1.13 bits per heavy atom. The third-order valence-electron chi connectivity index (χ3n) is 5.86. The van der Waals surface area contributed by atoms with Gasteiger partial charge >= 0.3 is 0 Å². The molecule has 0 saturated carbocycles. The maximum absolute atomic E-state index is 11.0. The molecule has 2 heterocycles. The van der Waals surface area contributed by atoms with Gasteiger partial charge < -0.3 is 9.32 Å². The molecule has 0 bridgehead atoms. The fourth-order valence-electron chi connectivity index (χ4n) is 4.23. The number of non-ortho nitro benzene ring substituents is 1. The molecule has 0 unspecified atom stereocenters. The SMILES string of the molecule is Cc1cc([N+](=O)[O-])ccc1-c1ccc(CN2CCC[C@H]2c2ccc(N(C)C)cc2)o1. The van der Waals surface area contributed by atoms with Crippen LogP contribution in [0, 0.1) is 17.0 Å². The third kappa shape index (κ3) is 4.09. The van der Waals surface area contributed by atoms with Gasteiger partial charge in [0.1, 0.15) is 11.5 Å². The molecule has 0 radical (unpaired) electrons. The normalized spacial score (nSPS) is 16.7. The summed E-state index contributed by atoms with van der Waals surface area (Å²) >= 11 is 0. The van der Waals surface area contributed by atoms with Crippen LogP contribution < -0.4 is 4.90 Å². The van der Waals surface area contributed by atoms with Crippen LogP contribution in [0.25, 0.3) is 11.3 Å². The monoisotopic (exact) mass is 405 g/mol. The van der Waals surface area contributed by atoms with Gasteiger partial charge in [0, 0.05) is 43.5 Å². The Labute approximate surface area is 176 Å². The van der Waals surface area contributed by atoms with Gasteiger partial charge in [-0.25, -0.2) is 0 Å². The lowest BCUT2D eigenvalue weighted by Gasteiger charge is -2.24. The molecule has 1 aromatic heterocycles. The van der Waals surface area contributed by atoms with Crippen molar-refractivity contribution in [2.24, 2.45) is 0 Å². The number of anilines is 1. The largest absolute Gasteiger partial charge is 0.460 e. The molecular weight excluding hydrogens is 378 g/mol. The molecule has 1 fully saturated rings. The zero-order chi connectivity index (χ0) is 21.3. The van der Waals surface area contributed by atoms with Gasteiger partial charge in [-0.05, 0) is 67.8 Å². The van der Waals surface area contributed by atoms with Crippen molar-refractivity contribution in [3.63, 3.8) is 0 Å². The average molecular weight is 405 g/mol. The standard InChI is InChI=1S/C24H27N3O3/c1-17-15-20(27(28)29)10-12-22(17)24-13-11-21(30-24)16-26-14-4-5-23(26)18-6-8-19(9-7-18)25(2)3/h6-13,15,23H,4-5,14,16H2,1-3H3/t23-/m0/s1. The first-order valence-electron chi connectivity index (χ1n) is 10.3. The number of benzene rings is 2. The highest BCUT2D eigenvalue weighted by Gasteiger charge is 2.27. The molecule has 6 nitrogen and oxygen atoms in total. The predicted octanol–water partition coefficient (Wildman–Crippen LogP) is 5.57. The van der Waals surface area contributed by atoms with Crippen LogP contribution in [-0.2, 0) is 6.54 Å². The van der Waals surface area contributed by atoms with E-state index in [1.807, 2.05) is 19.1 Å². The second kappa shape index (κ2) is 8.32. The predicted molar refractivity (Wildman–Crippen MR) is 119 cm³/mol. The van der Waals surface area contributed by atoms with E-state index in [1.165, 1.54) is 23.7 Å². The van der Waals surface area contributed by atoms with Gasteiger partial charge in [0.05, 0.1) is 11.5 Å². The van der Waals surface area contributed by atoms with Crippen LogP contribution >= 0.6 is 0 Å². The van der Waals surface area contributed by atoms with E-state index in [1.54, 1.807) is 12.1 Å². The second-order valence-corrected chi connectivity index (χ2v) is 8.14. The second-order valence-electron chi connectivity index (χ2n) is 8.14. The Morgan fingerprint density at radius 2 is 1.90 bits per heavy atom. The van der Waals surface area contributed by atoms with Crippen molar-refractivity contribution < 1.29 is 9.34 Å². The molecule has 1 saturated heterocycles. The maximum atomic E-state index is 11.0. The number of aryl methyl sites for hydroxylation is 1. The summed E-state index contributed by atoms with van der Waals surface area (Å²) in [5.74, 6) is 1.67. The molecule has 3 aromatic rings. The Bertz CT molecular complexity index is 1040. The van der Waals surface area contributed by atoms with Gasteiger partial charge in [0.2, 0.25) is 0 Å². The van der Waals surface area contributed by atoms with Gasteiger partial charge in [-0.1, -0.05) is 12.1 Å². The van der Waals surface area contributed by atoms with Crippen molar-refractivity contribution >= 4 is 11.4 Å². The number of nitro groups is 1. The van der Waals surface area contributed by atoms with Crippen molar-refractivity contribution in [1.29, 1.82) is 0 Å². The van der Waals surface area contributed by atoms with Crippen LogP contribution in [0.3, 0.4) is 0 Å². The zero-order valence-electron chi connectivity index (χ0n) is 17.7. The smallest absolute Gasteiger partial charge is 0.269 e. The molecule has 156 valence electrons. The minimum absolute atomic E-state index is 0.100. The van der Waals surface area contributed by atoms with E-state index in [2.05, 4.69) is 48.2 Å². The number of likely N-dealkylation sites (tertiary alicyclic amines) is 1. The molecule has 1 aliphatic heterocycles. The number of rotatable bonds is 6. The molecule has 0 amide bonds. The first-order chi connectivity index (χ1) is 14.4. The van der Waals surface area contributed by atoms with Crippen molar-refractivity contribution in [3.05, 3.63) is 81.6 Å². The van der Waals surface area contributed by atoms with Crippen LogP contribution in [0.1, 0.15) is 35.8 Å². The fraction of sp³-hybridized carbons (Fsp3) is 0.333. The molecule has 0 N–H and O–H groups in total. The number of nitro benzene ring substituents is 1. The highest BCUT2D eigenvalue weighted by atomic mass is 16.6. The van der Waals surface area contributed by atoms with E-state index >= 15 is 0 Å². The van der Waals surface area contributed by atoms with Crippen LogP contribution in [0.5, 0.6) is 0 Å². The molecule has 6 heteroatoms. The minimum atomic E-state index is -0.372. The number of furan rings is 1. The zero-order valence-corrected chi connectivity index (χ0v) is 17.7. The van der Waals surface area contributed by atoms with Gasteiger partial charge in [0.15, 0.2) is 0 Å². The quantitative estimate of drug-likeness (QED) is 0.396. The third-order valence-corrected chi connectivity index (χ3v) is 5.86. The molecule has 1 aliphatic rings. The first kappa shape index (κ1) is 20.2. The Balaban J connectivity index is 1.49. The van der Waals surface area contributed by atoms with E-state index in [4.69, 9.17) is 4.42 Å². The molecular formula is C24H27N3O3. The Kier molecular flexibility index (Phi) is 5.59. The molecule has 30 heavy (non-hydrogen) atoms. The lowest BCUT2D eigenvalue weighted by molar-refractivity contribution is -0.384. The van der Waals surface area contributed by atoms with Gasteiger partial charge in [-0.3, -0.25) is 15.0 Å². The van der Waals surface area contributed by atoms with Gasteiger partial charge in [0.25, 0.3) is 5.69 Å². The number of nitrogens with zero attached hydrogens (tertiary/aromatic N) is 3. The van der Waals surface area contributed by atoms with Crippen molar-refractivity contribution in [2.45, 2.75) is 32.4 Å².